The molecule has 8 heteroatoms. The molecule has 134 valence electrons. The van der Waals surface area contributed by atoms with Crippen LogP contribution in [0.25, 0.3) is 0 Å². The van der Waals surface area contributed by atoms with Crippen LogP contribution in [0.1, 0.15) is 31.8 Å². The van der Waals surface area contributed by atoms with Gasteiger partial charge in [-0.25, -0.2) is 18.4 Å². The minimum Gasteiger partial charge on any atom is -0.478 e. The number of ether oxygens (including phenoxy) is 1. The number of hydrogen-bond donors (Lipinski definition) is 1. The maximum absolute atomic E-state index is 12.7. The molecule has 0 atom stereocenters. The molecule has 4 nitrogen and oxygen atoms in total. The van der Waals surface area contributed by atoms with Crippen LogP contribution in [0.2, 0.25) is 10.0 Å². The maximum atomic E-state index is 12.7. The summed E-state index contributed by atoms with van der Waals surface area (Å²) in [6, 6.07) is 4.44. The summed E-state index contributed by atoms with van der Waals surface area (Å²) in [5.74, 6) is -2.68. The third-order valence-electron chi connectivity index (χ3n) is 3.11. The standard InChI is InChI=1S/C9H8ClFO2.C8H6ClFO2/c1-5-3-6(11)4-7(10)8(5)9(12)13-2;1-4-2-5(10)3-6(9)7(4)8(11)12/h3-4H,1-2H3;2-3H,1H3,(H,11,12). The average Bonchev–Trinajstić information content (AvgIpc) is 2.44. The van der Waals surface area contributed by atoms with Gasteiger partial charge >= 0.3 is 11.9 Å². The lowest BCUT2D eigenvalue weighted by molar-refractivity contribution is 0.0599. The monoisotopic (exact) mass is 390 g/mol. The van der Waals surface area contributed by atoms with Crippen molar-refractivity contribution in [2.24, 2.45) is 0 Å². The lowest BCUT2D eigenvalue weighted by atomic mass is 10.1. The Kier molecular flexibility index (Phi) is 7.33. The number of carboxylic acids is 1. The molecule has 0 aliphatic rings. The second-order valence-corrected chi connectivity index (χ2v) is 5.77. The number of esters is 1. The molecule has 0 aromatic heterocycles. The third-order valence-corrected chi connectivity index (χ3v) is 3.70. The van der Waals surface area contributed by atoms with Gasteiger partial charge in [-0.3, -0.25) is 0 Å². The Bertz CT molecular complexity index is 776. The number of halogens is 4. The molecule has 25 heavy (non-hydrogen) atoms. The molecule has 0 radical (unpaired) electrons. The van der Waals surface area contributed by atoms with Crippen LogP contribution in [0.3, 0.4) is 0 Å². The summed E-state index contributed by atoms with van der Waals surface area (Å²) in [6.07, 6.45) is 0. The number of aryl methyl sites for hydroxylation is 2. The minimum absolute atomic E-state index is 0.0435. The first-order chi connectivity index (χ1) is 11.6. The van der Waals surface area contributed by atoms with Crippen molar-refractivity contribution >= 4 is 35.1 Å². The summed E-state index contributed by atoms with van der Waals surface area (Å²) >= 11 is 11.2. The highest BCUT2D eigenvalue weighted by Gasteiger charge is 2.15. The fraction of sp³-hybridized carbons (Fsp3) is 0.176. The van der Waals surface area contributed by atoms with E-state index in [-0.39, 0.29) is 21.2 Å². The Morgan fingerprint density at radius 3 is 1.64 bits per heavy atom. The first kappa shape index (κ1) is 20.9. The van der Waals surface area contributed by atoms with Crippen LogP contribution in [0, 0.1) is 25.5 Å². The Balaban J connectivity index is 0.000000251. The molecule has 0 fully saturated rings. The molecule has 0 saturated carbocycles. The van der Waals surface area contributed by atoms with Crippen LogP contribution >= 0.6 is 23.2 Å². The van der Waals surface area contributed by atoms with Gasteiger partial charge in [0.2, 0.25) is 0 Å². The molecule has 0 aliphatic carbocycles. The van der Waals surface area contributed by atoms with Crippen LogP contribution in [0.5, 0.6) is 0 Å². The van der Waals surface area contributed by atoms with E-state index in [0.717, 1.165) is 18.2 Å². The molecule has 0 heterocycles. The summed E-state index contributed by atoms with van der Waals surface area (Å²) in [4.78, 5) is 21.7. The number of methoxy groups -OCH3 is 1. The van der Waals surface area contributed by atoms with E-state index in [9.17, 15) is 18.4 Å². The summed E-state index contributed by atoms with van der Waals surface area (Å²) in [5, 5.41) is 8.63. The number of aromatic carboxylic acids is 1. The summed E-state index contributed by atoms with van der Waals surface area (Å²) in [6.45, 7) is 3.10. The van der Waals surface area contributed by atoms with Gasteiger partial charge in [0.1, 0.15) is 11.6 Å². The molecule has 0 aliphatic heterocycles. The number of hydrogen-bond acceptors (Lipinski definition) is 3. The van der Waals surface area contributed by atoms with E-state index < -0.39 is 23.6 Å². The predicted molar refractivity (Wildman–Crippen MR) is 90.6 cm³/mol. The highest BCUT2D eigenvalue weighted by atomic mass is 35.5. The van der Waals surface area contributed by atoms with Crippen molar-refractivity contribution in [3.05, 3.63) is 68.2 Å². The molecule has 2 aromatic rings. The van der Waals surface area contributed by atoms with Gasteiger partial charge in [0, 0.05) is 0 Å². The Morgan fingerprint density at radius 2 is 1.32 bits per heavy atom. The topological polar surface area (TPSA) is 63.6 Å². The van der Waals surface area contributed by atoms with Gasteiger partial charge in [0.05, 0.1) is 28.3 Å². The van der Waals surface area contributed by atoms with E-state index in [2.05, 4.69) is 4.74 Å². The van der Waals surface area contributed by atoms with Gasteiger partial charge in [0.25, 0.3) is 0 Å². The van der Waals surface area contributed by atoms with Crippen LogP contribution < -0.4 is 0 Å². The molecule has 1 N–H and O–H groups in total. The van der Waals surface area contributed by atoms with E-state index in [1.165, 1.54) is 20.1 Å². The van der Waals surface area contributed by atoms with E-state index >= 15 is 0 Å². The van der Waals surface area contributed by atoms with Crippen molar-refractivity contribution in [3.63, 3.8) is 0 Å². The van der Waals surface area contributed by atoms with Crippen molar-refractivity contribution in [1.82, 2.24) is 0 Å². The van der Waals surface area contributed by atoms with Gasteiger partial charge in [-0.15, -0.1) is 0 Å². The van der Waals surface area contributed by atoms with Gasteiger partial charge in [-0.2, -0.15) is 0 Å². The zero-order chi connectivity index (χ0) is 19.3. The van der Waals surface area contributed by atoms with E-state index in [4.69, 9.17) is 28.3 Å². The number of carbonyl (C=O) groups is 2. The molecular weight excluding hydrogens is 377 g/mol. The van der Waals surface area contributed by atoms with Crippen molar-refractivity contribution in [1.29, 1.82) is 0 Å². The summed E-state index contributed by atoms with van der Waals surface area (Å²) < 4.78 is 29.8. The number of benzene rings is 2. The largest absolute Gasteiger partial charge is 0.478 e. The zero-order valence-electron chi connectivity index (χ0n) is 13.5. The summed E-state index contributed by atoms with van der Waals surface area (Å²) in [7, 11) is 1.25. The fourth-order valence-electron chi connectivity index (χ4n) is 2.04. The molecule has 2 aromatic carbocycles. The van der Waals surface area contributed by atoms with Crippen molar-refractivity contribution < 1.29 is 28.2 Å². The maximum Gasteiger partial charge on any atom is 0.339 e. The summed E-state index contributed by atoms with van der Waals surface area (Å²) in [5.41, 5.74) is 0.966. The molecule has 2 rings (SSSR count). The van der Waals surface area contributed by atoms with Crippen molar-refractivity contribution in [2.45, 2.75) is 13.8 Å². The Hall–Kier alpha value is -2.18. The number of carbonyl (C=O) groups excluding carboxylic acids is 1. The van der Waals surface area contributed by atoms with Gasteiger partial charge in [-0.1, -0.05) is 23.2 Å². The van der Waals surface area contributed by atoms with Crippen LogP contribution in [0.4, 0.5) is 8.78 Å². The van der Waals surface area contributed by atoms with Crippen molar-refractivity contribution in [2.75, 3.05) is 7.11 Å². The van der Waals surface area contributed by atoms with Crippen LogP contribution in [0.15, 0.2) is 24.3 Å². The second-order valence-electron chi connectivity index (χ2n) is 4.96. The predicted octanol–water partition coefficient (Wildman–Crippen LogP) is 5.06. The molecular formula is C17H14Cl2F2O4. The SMILES string of the molecule is COC(=O)c1c(C)cc(F)cc1Cl.Cc1cc(F)cc(Cl)c1C(=O)O. The minimum atomic E-state index is -1.14. The number of rotatable bonds is 2. The molecule has 0 bridgehead atoms. The smallest absolute Gasteiger partial charge is 0.339 e. The molecule has 0 unspecified atom stereocenters. The molecule has 0 saturated heterocycles. The quantitative estimate of drug-likeness (QED) is 0.727. The lowest BCUT2D eigenvalue weighted by Crippen LogP contribution is -2.05. The number of carboxylic acid groups (broad SMARTS) is 1. The van der Waals surface area contributed by atoms with Crippen LogP contribution in [-0.4, -0.2) is 24.2 Å². The normalized spacial score (nSPS) is 9.88. The van der Waals surface area contributed by atoms with E-state index in [1.807, 2.05) is 0 Å². The van der Waals surface area contributed by atoms with Gasteiger partial charge in [-0.05, 0) is 49.2 Å². The van der Waals surface area contributed by atoms with Crippen LogP contribution in [-0.2, 0) is 4.74 Å². The third kappa shape index (κ3) is 5.41. The zero-order valence-corrected chi connectivity index (χ0v) is 15.0. The Morgan fingerprint density at radius 1 is 0.920 bits per heavy atom. The van der Waals surface area contributed by atoms with Gasteiger partial charge in [0.15, 0.2) is 0 Å². The highest BCUT2D eigenvalue weighted by molar-refractivity contribution is 6.34. The highest BCUT2D eigenvalue weighted by Crippen LogP contribution is 2.22. The Labute approximate surface area is 152 Å². The van der Waals surface area contributed by atoms with Crippen molar-refractivity contribution in [3.8, 4) is 0 Å². The fourth-order valence-corrected chi connectivity index (χ4v) is 2.70. The average molecular weight is 391 g/mol. The second kappa shape index (κ2) is 8.78. The first-order valence-electron chi connectivity index (χ1n) is 6.81. The lowest BCUT2D eigenvalue weighted by Gasteiger charge is -2.05. The van der Waals surface area contributed by atoms with Gasteiger partial charge < -0.3 is 9.84 Å². The van der Waals surface area contributed by atoms with E-state index in [1.54, 1.807) is 6.92 Å². The molecule has 0 spiro atoms. The molecule has 0 amide bonds. The van der Waals surface area contributed by atoms with E-state index in [0.29, 0.717) is 11.1 Å². The first-order valence-corrected chi connectivity index (χ1v) is 7.57.